The third-order valence-electron chi connectivity index (χ3n) is 5.81. The van der Waals surface area contributed by atoms with Gasteiger partial charge >= 0.3 is 5.97 Å². The van der Waals surface area contributed by atoms with E-state index in [1.54, 1.807) is 21.1 Å². The second kappa shape index (κ2) is 11.9. The van der Waals surface area contributed by atoms with Gasteiger partial charge in [-0.2, -0.15) is 0 Å². The average Bonchev–Trinajstić information content (AvgIpc) is 2.93. The number of anilines is 1. The SMILES string of the molecule is CCOC(=O)c1c(-c2ccccc2)cc(-c2ccccc2)nc1NCCc1ccc(OC)c(OC)c1. The van der Waals surface area contributed by atoms with Gasteiger partial charge in [-0.15, -0.1) is 0 Å². The fourth-order valence-electron chi connectivity index (χ4n) is 4.05. The fraction of sp³-hybridized carbons (Fsp3) is 0.200. The van der Waals surface area contributed by atoms with Gasteiger partial charge in [0, 0.05) is 17.7 Å². The maximum absolute atomic E-state index is 13.2. The molecule has 0 radical (unpaired) electrons. The van der Waals surface area contributed by atoms with Gasteiger partial charge in [0.15, 0.2) is 11.5 Å². The first kappa shape index (κ1) is 24.8. The third-order valence-corrected chi connectivity index (χ3v) is 5.81. The van der Waals surface area contributed by atoms with Crippen LogP contribution in [0.4, 0.5) is 5.82 Å². The van der Waals surface area contributed by atoms with E-state index < -0.39 is 5.97 Å². The Bertz CT molecular complexity index is 1310. The van der Waals surface area contributed by atoms with Crippen LogP contribution >= 0.6 is 0 Å². The smallest absolute Gasteiger partial charge is 0.342 e. The number of nitrogens with one attached hydrogen (secondary N) is 1. The van der Waals surface area contributed by atoms with Crippen LogP contribution < -0.4 is 14.8 Å². The van der Waals surface area contributed by atoms with Gasteiger partial charge in [-0.3, -0.25) is 0 Å². The molecule has 4 aromatic rings. The number of nitrogens with zero attached hydrogens (tertiary/aromatic N) is 1. The van der Waals surface area contributed by atoms with Gasteiger partial charge in [0.05, 0.1) is 26.5 Å². The minimum Gasteiger partial charge on any atom is -0.493 e. The Morgan fingerprint density at radius 2 is 1.50 bits per heavy atom. The van der Waals surface area contributed by atoms with Crippen molar-refractivity contribution in [1.29, 1.82) is 0 Å². The molecule has 1 N–H and O–H groups in total. The molecule has 4 rings (SSSR count). The van der Waals surface area contributed by atoms with E-state index in [2.05, 4.69) is 5.32 Å². The molecular formula is C30H30N2O4. The zero-order valence-electron chi connectivity index (χ0n) is 20.8. The highest BCUT2D eigenvalue weighted by Crippen LogP contribution is 2.34. The number of carbonyl (C=O) groups is 1. The van der Waals surface area contributed by atoms with Gasteiger partial charge in [0.2, 0.25) is 0 Å². The van der Waals surface area contributed by atoms with Crippen molar-refractivity contribution in [2.24, 2.45) is 0 Å². The molecule has 0 amide bonds. The molecule has 36 heavy (non-hydrogen) atoms. The van der Waals surface area contributed by atoms with Crippen molar-refractivity contribution in [2.75, 3.05) is 32.7 Å². The van der Waals surface area contributed by atoms with Crippen LogP contribution in [-0.4, -0.2) is 38.3 Å². The second-order valence-corrected chi connectivity index (χ2v) is 8.10. The topological polar surface area (TPSA) is 69.7 Å². The quantitative estimate of drug-likeness (QED) is 0.269. The number of hydrogen-bond donors (Lipinski definition) is 1. The molecular weight excluding hydrogens is 452 g/mol. The van der Waals surface area contributed by atoms with Crippen molar-refractivity contribution in [1.82, 2.24) is 4.98 Å². The molecule has 0 aliphatic heterocycles. The Kier molecular flexibility index (Phi) is 8.19. The second-order valence-electron chi connectivity index (χ2n) is 8.10. The van der Waals surface area contributed by atoms with Crippen molar-refractivity contribution in [3.8, 4) is 33.9 Å². The van der Waals surface area contributed by atoms with E-state index in [-0.39, 0.29) is 6.61 Å². The predicted octanol–water partition coefficient (Wildman–Crippen LogP) is 6.26. The van der Waals surface area contributed by atoms with Crippen LogP contribution in [-0.2, 0) is 11.2 Å². The number of hydrogen-bond acceptors (Lipinski definition) is 6. The maximum Gasteiger partial charge on any atom is 0.342 e. The minimum atomic E-state index is -0.405. The van der Waals surface area contributed by atoms with Gasteiger partial charge in [0.25, 0.3) is 0 Å². The van der Waals surface area contributed by atoms with Crippen molar-refractivity contribution in [3.63, 3.8) is 0 Å². The highest BCUT2D eigenvalue weighted by atomic mass is 16.5. The molecule has 0 saturated heterocycles. The zero-order valence-corrected chi connectivity index (χ0v) is 20.8. The summed E-state index contributed by atoms with van der Waals surface area (Å²) in [4.78, 5) is 18.0. The number of rotatable bonds is 10. The monoisotopic (exact) mass is 482 g/mol. The van der Waals surface area contributed by atoms with Crippen molar-refractivity contribution >= 4 is 11.8 Å². The van der Waals surface area contributed by atoms with Gasteiger partial charge in [-0.25, -0.2) is 9.78 Å². The normalized spacial score (nSPS) is 10.5. The summed E-state index contributed by atoms with van der Waals surface area (Å²) in [5.41, 5.74) is 4.93. The molecule has 0 aliphatic rings. The number of ether oxygens (including phenoxy) is 3. The zero-order chi connectivity index (χ0) is 25.3. The number of aromatic nitrogens is 1. The molecule has 184 valence electrons. The molecule has 0 saturated carbocycles. The van der Waals surface area contributed by atoms with Crippen LogP contribution in [0.3, 0.4) is 0 Å². The lowest BCUT2D eigenvalue weighted by atomic mass is 9.97. The Morgan fingerprint density at radius 1 is 0.833 bits per heavy atom. The fourth-order valence-corrected chi connectivity index (χ4v) is 4.05. The van der Waals surface area contributed by atoms with E-state index in [1.165, 1.54) is 0 Å². The highest BCUT2D eigenvalue weighted by molar-refractivity contribution is 6.03. The van der Waals surface area contributed by atoms with Crippen LogP contribution in [0.15, 0.2) is 84.9 Å². The standard InChI is InChI=1S/C30H30N2O4/c1-4-36-30(33)28-24(22-11-7-5-8-12-22)20-25(23-13-9-6-10-14-23)32-29(28)31-18-17-21-15-16-26(34-2)27(19-21)35-3/h5-16,19-20H,4,17-18H2,1-3H3,(H,31,32). The average molecular weight is 483 g/mol. The van der Waals surface area contributed by atoms with Gasteiger partial charge in [-0.1, -0.05) is 66.7 Å². The number of carbonyl (C=O) groups excluding carboxylic acids is 1. The van der Waals surface area contributed by atoms with Crippen molar-refractivity contribution in [3.05, 3.63) is 96.1 Å². The Morgan fingerprint density at radius 3 is 2.14 bits per heavy atom. The van der Waals surface area contributed by atoms with E-state index in [0.717, 1.165) is 27.9 Å². The molecule has 1 heterocycles. The summed E-state index contributed by atoms with van der Waals surface area (Å²) < 4.78 is 16.2. The lowest BCUT2D eigenvalue weighted by molar-refractivity contribution is 0.0528. The Balaban J connectivity index is 1.73. The summed E-state index contributed by atoms with van der Waals surface area (Å²) in [5, 5.41) is 3.40. The summed E-state index contributed by atoms with van der Waals surface area (Å²) >= 11 is 0. The molecule has 3 aromatic carbocycles. The third kappa shape index (κ3) is 5.66. The molecule has 6 heteroatoms. The summed E-state index contributed by atoms with van der Waals surface area (Å²) in [5.74, 6) is 1.45. The summed E-state index contributed by atoms with van der Waals surface area (Å²) in [6.07, 6.45) is 0.695. The lowest BCUT2D eigenvalue weighted by Gasteiger charge is -2.17. The lowest BCUT2D eigenvalue weighted by Crippen LogP contribution is -2.15. The highest BCUT2D eigenvalue weighted by Gasteiger charge is 2.22. The van der Waals surface area contributed by atoms with Crippen molar-refractivity contribution < 1.29 is 19.0 Å². The number of methoxy groups -OCH3 is 2. The molecule has 0 bridgehead atoms. The number of esters is 1. The molecule has 0 spiro atoms. The van der Waals surface area contributed by atoms with Crippen LogP contribution in [0.1, 0.15) is 22.8 Å². The number of pyridine rings is 1. The Labute approximate surface area is 211 Å². The van der Waals surface area contributed by atoms with E-state index in [9.17, 15) is 4.79 Å². The molecule has 6 nitrogen and oxygen atoms in total. The van der Waals surface area contributed by atoms with E-state index in [0.29, 0.717) is 35.8 Å². The summed E-state index contributed by atoms with van der Waals surface area (Å²) in [7, 11) is 3.24. The molecule has 0 aliphatic carbocycles. The summed E-state index contributed by atoms with van der Waals surface area (Å²) in [6, 6.07) is 27.6. The maximum atomic E-state index is 13.2. The van der Waals surface area contributed by atoms with Crippen LogP contribution in [0, 0.1) is 0 Å². The summed E-state index contributed by atoms with van der Waals surface area (Å²) in [6.45, 7) is 2.63. The first-order valence-electron chi connectivity index (χ1n) is 11.9. The van der Waals surface area contributed by atoms with Gasteiger partial charge in [0.1, 0.15) is 11.4 Å². The van der Waals surface area contributed by atoms with Gasteiger partial charge in [-0.05, 0) is 42.7 Å². The van der Waals surface area contributed by atoms with Crippen molar-refractivity contribution in [2.45, 2.75) is 13.3 Å². The molecule has 0 unspecified atom stereocenters. The van der Waals surface area contributed by atoms with Gasteiger partial charge < -0.3 is 19.5 Å². The minimum absolute atomic E-state index is 0.276. The van der Waals surface area contributed by atoms with Crippen LogP contribution in [0.25, 0.3) is 22.4 Å². The molecule has 0 atom stereocenters. The predicted molar refractivity (Wildman–Crippen MR) is 143 cm³/mol. The largest absolute Gasteiger partial charge is 0.493 e. The van der Waals surface area contributed by atoms with E-state index in [4.69, 9.17) is 19.2 Å². The Hall–Kier alpha value is -4.32. The van der Waals surface area contributed by atoms with E-state index >= 15 is 0 Å². The number of benzene rings is 3. The first-order valence-corrected chi connectivity index (χ1v) is 11.9. The van der Waals surface area contributed by atoms with Crippen LogP contribution in [0.5, 0.6) is 11.5 Å². The first-order chi connectivity index (χ1) is 17.6. The molecule has 0 fully saturated rings. The van der Waals surface area contributed by atoms with E-state index in [1.807, 2.05) is 84.9 Å². The molecule has 1 aromatic heterocycles. The van der Waals surface area contributed by atoms with Crippen LogP contribution in [0.2, 0.25) is 0 Å².